The molecule has 0 atom stereocenters. The van der Waals surface area contributed by atoms with E-state index in [-0.39, 0.29) is 5.92 Å². The number of aromatic amines is 1. The maximum Gasteiger partial charge on any atom is 0.213 e. The summed E-state index contributed by atoms with van der Waals surface area (Å²) in [7, 11) is 1.64. The van der Waals surface area contributed by atoms with Gasteiger partial charge in [-0.15, -0.1) is 0 Å². The first-order valence-electron chi connectivity index (χ1n) is 11.7. The first-order chi connectivity index (χ1) is 16.2. The van der Waals surface area contributed by atoms with Crippen LogP contribution in [0.15, 0.2) is 30.7 Å². The molecule has 180 valence electrons. The third-order valence-electron chi connectivity index (χ3n) is 6.19. The highest BCUT2D eigenvalue weighted by Crippen LogP contribution is 2.37. The van der Waals surface area contributed by atoms with Crippen molar-refractivity contribution in [1.29, 1.82) is 0 Å². The minimum atomic E-state index is -0.667. The standard InChI is InChI=1S/C25H32N6O3/c1-15(2)21-22(17-8-19(33-5)24-26-14-27-31(24)11-17)28-18-6-7-20(29-23(18)21)34-12-16-9-30(10-16)13-25(3,4)32/h6-8,11,14-16,28,32H,9-10,12-13H2,1-5H3. The maximum absolute atomic E-state index is 9.97. The summed E-state index contributed by atoms with van der Waals surface area (Å²) in [5, 5.41) is 14.3. The number of nitrogens with one attached hydrogen (secondary N) is 1. The van der Waals surface area contributed by atoms with Gasteiger partial charge in [0.15, 0.2) is 11.4 Å². The van der Waals surface area contributed by atoms with E-state index in [0.717, 1.165) is 40.9 Å². The number of pyridine rings is 2. The van der Waals surface area contributed by atoms with E-state index in [2.05, 4.69) is 33.8 Å². The van der Waals surface area contributed by atoms with Crippen molar-refractivity contribution in [2.75, 3.05) is 33.4 Å². The number of methoxy groups -OCH3 is 1. The summed E-state index contributed by atoms with van der Waals surface area (Å²) in [6, 6.07) is 5.93. The van der Waals surface area contributed by atoms with E-state index in [9.17, 15) is 5.11 Å². The first-order valence-corrected chi connectivity index (χ1v) is 11.7. The van der Waals surface area contributed by atoms with Crippen molar-refractivity contribution < 1.29 is 14.6 Å². The number of likely N-dealkylation sites (tertiary alicyclic amines) is 1. The quantitative estimate of drug-likeness (QED) is 0.412. The molecule has 4 aromatic heterocycles. The van der Waals surface area contributed by atoms with Crippen LogP contribution in [0.25, 0.3) is 27.9 Å². The lowest BCUT2D eigenvalue weighted by molar-refractivity contribution is -0.0183. The van der Waals surface area contributed by atoms with Gasteiger partial charge in [-0.2, -0.15) is 5.10 Å². The highest BCUT2D eigenvalue weighted by Gasteiger charge is 2.31. The van der Waals surface area contributed by atoms with Crippen LogP contribution in [0.2, 0.25) is 0 Å². The number of nitrogens with zero attached hydrogens (tertiary/aromatic N) is 5. The van der Waals surface area contributed by atoms with Crippen LogP contribution in [0.5, 0.6) is 11.6 Å². The molecule has 0 saturated carbocycles. The van der Waals surface area contributed by atoms with Gasteiger partial charge in [0.25, 0.3) is 0 Å². The number of hydrogen-bond acceptors (Lipinski definition) is 7. The fourth-order valence-corrected chi connectivity index (χ4v) is 4.78. The zero-order chi connectivity index (χ0) is 24.0. The summed E-state index contributed by atoms with van der Waals surface area (Å²) in [5.41, 5.74) is 4.97. The normalized spacial score (nSPS) is 15.4. The second-order valence-corrected chi connectivity index (χ2v) is 10.1. The molecule has 34 heavy (non-hydrogen) atoms. The fraction of sp³-hybridized carbons (Fsp3) is 0.480. The average Bonchev–Trinajstić information content (AvgIpc) is 3.37. The van der Waals surface area contributed by atoms with Crippen LogP contribution in [0, 0.1) is 5.92 Å². The number of aromatic nitrogens is 5. The Labute approximate surface area is 198 Å². The molecule has 1 aliphatic heterocycles. The summed E-state index contributed by atoms with van der Waals surface area (Å²) >= 11 is 0. The van der Waals surface area contributed by atoms with Gasteiger partial charge in [-0.25, -0.2) is 14.5 Å². The maximum atomic E-state index is 9.97. The van der Waals surface area contributed by atoms with Crippen LogP contribution in [0.4, 0.5) is 0 Å². The molecular formula is C25H32N6O3. The highest BCUT2D eigenvalue weighted by molar-refractivity contribution is 5.89. The second-order valence-electron chi connectivity index (χ2n) is 10.1. The van der Waals surface area contributed by atoms with Gasteiger partial charge in [0, 0.05) is 48.9 Å². The number of rotatable bonds is 8. The number of H-pyrrole nitrogens is 1. The molecular weight excluding hydrogens is 432 g/mol. The van der Waals surface area contributed by atoms with Crippen molar-refractivity contribution in [2.45, 2.75) is 39.2 Å². The van der Waals surface area contributed by atoms with Gasteiger partial charge in [0.2, 0.25) is 5.88 Å². The predicted octanol–water partition coefficient (Wildman–Crippen LogP) is 3.49. The van der Waals surface area contributed by atoms with Gasteiger partial charge in [0.05, 0.1) is 36.0 Å². The SMILES string of the molecule is COc1cc(-c2[nH]c3ccc(OCC4CN(CC(C)(C)O)C4)nc3c2C(C)C)cn2ncnc12. The molecule has 0 bridgehead atoms. The van der Waals surface area contributed by atoms with Crippen LogP contribution in [0.3, 0.4) is 0 Å². The monoisotopic (exact) mass is 464 g/mol. The molecule has 4 aromatic rings. The summed E-state index contributed by atoms with van der Waals surface area (Å²) < 4.78 is 13.4. The Morgan fingerprint density at radius 3 is 2.76 bits per heavy atom. The number of aliphatic hydroxyl groups is 1. The number of fused-ring (bicyclic) bond motifs is 2. The van der Waals surface area contributed by atoms with Crippen molar-refractivity contribution in [3.63, 3.8) is 0 Å². The fourth-order valence-electron chi connectivity index (χ4n) is 4.78. The summed E-state index contributed by atoms with van der Waals surface area (Å²) in [6.07, 6.45) is 3.47. The van der Waals surface area contributed by atoms with Gasteiger partial charge in [-0.3, -0.25) is 4.90 Å². The van der Waals surface area contributed by atoms with Crippen molar-refractivity contribution in [3.8, 4) is 22.9 Å². The molecule has 9 heteroatoms. The molecule has 0 aliphatic carbocycles. The third kappa shape index (κ3) is 4.33. The molecule has 1 fully saturated rings. The molecule has 1 saturated heterocycles. The van der Waals surface area contributed by atoms with E-state index in [1.54, 1.807) is 11.6 Å². The van der Waals surface area contributed by atoms with Crippen molar-refractivity contribution >= 4 is 16.7 Å². The van der Waals surface area contributed by atoms with Crippen LogP contribution >= 0.6 is 0 Å². The number of hydrogen-bond donors (Lipinski definition) is 2. The lowest BCUT2D eigenvalue weighted by atomic mass is 9.98. The molecule has 0 radical (unpaired) electrons. The lowest BCUT2D eigenvalue weighted by Gasteiger charge is -2.41. The molecule has 0 amide bonds. The van der Waals surface area contributed by atoms with Gasteiger partial charge < -0.3 is 19.6 Å². The summed E-state index contributed by atoms with van der Waals surface area (Å²) in [6.45, 7) is 11.2. The Kier molecular flexibility index (Phi) is 5.69. The van der Waals surface area contributed by atoms with E-state index < -0.39 is 5.60 Å². The van der Waals surface area contributed by atoms with Crippen LogP contribution < -0.4 is 9.47 Å². The Bertz CT molecular complexity index is 1310. The van der Waals surface area contributed by atoms with Crippen LogP contribution in [-0.2, 0) is 0 Å². The van der Waals surface area contributed by atoms with Gasteiger partial charge >= 0.3 is 0 Å². The molecule has 5 rings (SSSR count). The van der Waals surface area contributed by atoms with E-state index >= 15 is 0 Å². The van der Waals surface area contributed by atoms with Gasteiger partial charge in [0.1, 0.15) is 6.33 Å². The minimum Gasteiger partial charge on any atom is -0.493 e. The van der Waals surface area contributed by atoms with Gasteiger partial charge in [-0.05, 0) is 31.9 Å². The van der Waals surface area contributed by atoms with Crippen LogP contribution in [-0.4, -0.2) is 73.5 Å². The molecule has 5 heterocycles. The number of β-amino-alcohol motifs (C(OH)–C–C–N with tert-alkyl or cyclic N) is 1. The Balaban J connectivity index is 1.40. The van der Waals surface area contributed by atoms with Gasteiger partial charge in [-0.1, -0.05) is 13.8 Å². The summed E-state index contributed by atoms with van der Waals surface area (Å²) in [5.74, 6) is 1.99. The van der Waals surface area contributed by atoms with E-state index in [4.69, 9.17) is 14.5 Å². The third-order valence-corrected chi connectivity index (χ3v) is 6.19. The molecule has 2 N–H and O–H groups in total. The average molecular weight is 465 g/mol. The minimum absolute atomic E-state index is 0.242. The van der Waals surface area contributed by atoms with E-state index in [1.165, 1.54) is 6.33 Å². The summed E-state index contributed by atoms with van der Waals surface area (Å²) in [4.78, 5) is 14.9. The largest absolute Gasteiger partial charge is 0.493 e. The molecule has 0 aromatic carbocycles. The smallest absolute Gasteiger partial charge is 0.213 e. The lowest BCUT2D eigenvalue weighted by Crippen LogP contribution is -2.53. The first kappa shape index (κ1) is 22.6. The Morgan fingerprint density at radius 1 is 1.26 bits per heavy atom. The van der Waals surface area contributed by atoms with Crippen molar-refractivity contribution in [3.05, 3.63) is 36.3 Å². The molecule has 1 aliphatic rings. The molecule has 0 spiro atoms. The highest BCUT2D eigenvalue weighted by atomic mass is 16.5. The van der Waals surface area contributed by atoms with E-state index in [0.29, 0.717) is 36.3 Å². The van der Waals surface area contributed by atoms with E-state index in [1.807, 2.05) is 38.2 Å². The topological polar surface area (TPSA) is 101 Å². The van der Waals surface area contributed by atoms with Crippen molar-refractivity contribution in [1.82, 2.24) is 29.5 Å². The Hall–Kier alpha value is -3.17. The second kappa shape index (κ2) is 8.56. The molecule has 9 nitrogen and oxygen atoms in total. The Morgan fingerprint density at radius 2 is 2.06 bits per heavy atom. The number of ether oxygens (including phenoxy) is 2. The zero-order valence-corrected chi connectivity index (χ0v) is 20.4. The zero-order valence-electron chi connectivity index (χ0n) is 20.4. The predicted molar refractivity (Wildman–Crippen MR) is 130 cm³/mol. The van der Waals surface area contributed by atoms with Crippen molar-refractivity contribution in [2.24, 2.45) is 5.92 Å². The van der Waals surface area contributed by atoms with Crippen LogP contribution in [0.1, 0.15) is 39.2 Å². The molecule has 0 unspecified atom stereocenters.